The van der Waals surface area contributed by atoms with Gasteiger partial charge in [0.05, 0.1) is 17.2 Å². The molecule has 4 aromatic heterocycles. The van der Waals surface area contributed by atoms with Crippen molar-refractivity contribution in [1.82, 2.24) is 24.5 Å². The van der Waals surface area contributed by atoms with Crippen molar-refractivity contribution in [3.63, 3.8) is 0 Å². The topological polar surface area (TPSA) is 86.4 Å². The van der Waals surface area contributed by atoms with E-state index in [0.29, 0.717) is 12.2 Å². The zero-order chi connectivity index (χ0) is 19.8. The number of thiazole rings is 1. The molecule has 29 heavy (non-hydrogen) atoms. The number of aromatic amines is 1. The first-order valence-electron chi connectivity index (χ1n) is 9.39. The van der Waals surface area contributed by atoms with Gasteiger partial charge in [0, 0.05) is 48.5 Å². The highest BCUT2D eigenvalue weighted by atomic mass is 32.1. The van der Waals surface area contributed by atoms with E-state index in [1.54, 1.807) is 5.51 Å². The molecule has 146 valence electrons. The number of nitrogens with one attached hydrogen (secondary N) is 1. The van der Waals surface area contributed by atoms with Crippen molar-refractivity contribution in [3.8, 4) is 17.3 Å². The number of alkyl halides is 1. The number of H-pyrrole nitrogens is 1. The summed E-state index contributed by atoms with van der Waals surface area (Å²) in [7, 11) is 0. The first kappa shape index (κ1) is 17.8. The number of anilines is 1. The Morgan fingerprint density at radius 1 is 1.34 bits per heavy atom. The fourth-order valence-electron chi connectivity index (χ4n) is 4.14. The first-order chi connectivity index (χ1) is 14.3. The molecule has 1 aliphatic heterocycles. The maximum Gasteiger partial charge on any atom is 0.175 e. The van der Waals surface area contributed by atoms with Crippen molar-refractivity contribution >= 4 is 27.4 Å². The number of hydrogen-bond acceptors (Lipinski definition) is 6. The average Bonchev–Trinajstić information content (AvgIpc) is 3.54. The number of hydrogen-bond donors (Lipinski definition) is 1. The van der Waals surface area contributed by atoms with Crippen LogP contribution in [0.5, 0.6) is 0 Å². The summed E-state index contributed by atoms with van der Waals surface area (Å²) in [4.78, 5) is 18.0. The van der Waals surface area contributed by atoms with Crippen LogP contribution in [-0.2, 0) is 0 Å². The Balaban J connectivity index is 1.39. The molecular weight excluding hydrogens is 389 g/mol. The van der Waals surface area contributed by atoms with Crippen LogP contribution in [0.15, 0.2) is 42.6 Å². The van der Waals surface area contributed by atoms with Crippen molar-refractivity contribution in [3.05, 3.63) is 48.3 Å². The molecule has 0 saturated carbocycles. The summed E-state index contributed by atoms with van der Waals surface area (Å²) in [5, 5.41) is 11.1. The second-order valence-corrected chi connectivity index (χ2v) is 7.98. The van der Waals surface area contributed by atoms with Gasteiger partial charge in [-0.05, 0) is 18.6 Å². The Morgan fingerprint density at radius 3 is 3.14 bits per heavy atom. The molecule has 1 N–H and O–H groups in total. The maximum absolute atomic E-state index is 14.1. The van der Waals surface area contributed by atoms with Gasteiger partial charge in [-0.1, -0.05) is 0 Å². The zero-order valence-corrected chi connectivity index (χ0v) is 16.3. The molecule has 1 saturated heterocycles. The number of nitrogens with zero attached hydrogens (tertiary/aromatic N) is 6. The Labute approximate surface area is 170 Å². The minimum absolute atomic E-state index is 0.159. The molecular formula is C20H18FN7S. The van der Waals surface area contributed by atoms with Crippen LogP contribution >= 0.6 is 11.3 Å². The fourth-order valence-corrected chi connectivity index (χ4v) is 4.92. The molecule has 0 radical (unpaired) electrons. The number of halogens is 1. The Morgan fingerprint density at radius 2 is 2.28 bits per heavy atom. The van der Waals surface area contributed by atoms with E-state index in [4.69, 9.17) is 0 Å². The Bertz CT molecular complexity index is 1190. The molecule has 0 amide bonds. The summed E-state index contributed by atoms with van der Waals surface area (Å²) in [5.41, 5.74) is 4.71. The van der Waals surface area contributed by atoms with Crippen molar-refractivity contribution in [2.24, 2.45) is 5.92 Å². The molecule has 0 aliphatic carbocycles. The maximum atomic E-state index is 14.1. The van der Waals surface area contributed by atoms with E-state index in [9.17, 15) is 9.65 Å². The molecule has 0 spiro atoms. The molecule has 7 nitrogen and oxygen atoms in total. The summed E-state index contributed by atoms with van der Waals surface area (Å²) in [6.07, 6.45) is 8.15. The van der Waals surface area contributed by atoms with E-state index in [0.717, 1.165) is 40.3 Å². The van der Waals surface area contributed by atoms with Crippen molar-refractivity contribution in [2.45, 2.75) is 12.5 Å². The molecule has 1 fully saturated rings. The zero-order valence-electron chi connectivity index (χ0n) is 15.5. The van der Waals surface area contributed by atoms with Crippen molar-refractivity contribution < 1.29 is 4.39 Å². The monoisotopic (exact) mass is 407 g/mol. The molecule has 4 aromatic rings. The van der Waals surface area contributed by atoms with Gasteiger partial charge in [-0.3, -0.25) is 0 Å². The number of fused-ring (bicyclic) bond motifs is 1. The highest BCUT2D eigenvalue weighted by Crippen LogP contribution is 2.36. The van der Waals surface area contributed by atoms with Crippen LogP contribution in [0, 0.1) is 17.2 Å². The van der Waals surface area contributed by atoms with Gasteiger partial charge in [0.2, 0.25) is 0 Å². The quantitative estimate of drug-likeness (QED) is 0.544. The van der Waals surface area contributed by atoms with Crippen LogP contribution in [0.25, 0.3) is 22.3 Å². The summed E-state index contributed by atoms with van der Waals surface area (Å²) in [6.45, 7) is 1.08. The Kier molecular flexibility index (Phi) is 4.48. The molecule has 2 unspecified atom stereocenters. The molecule has 1 aliphatic rings. The third-order valence-corrected chi connectivity index (χ3v) is 6.48. The summed E-state index contributed by atoms with van der Waals surface area (Å²) in [5.74, 6) is 0.159. The molecule has 0 bridgehead atoms. The molecule has 5 rings (SSSR count). The molecule has 5 heterocycles. The summed E-state index contributed by atoms with van der Waals surface area (Å²) < 4.78 is 16.1. The van der Waals surface area contributed by atoms with Crippen molar-refractivity contribution in [1.29, 1.82) is 5.26 Å². The SMILES string of the molecule is N#Cc1ncsc1N1CCC(C(CF)n2ccc(-c3ncnc4[nH]ccc34)c2)C1. The molecule has 0 aromatic carbocycles. The van der Waals surface area contributed by atoms with Gasteiger partial charge in [-0.25, -0.2) is 19.3 Å². The second-order valence-electron chi connectivity index (χ2n) is 7.14. The lowest BCUT2D eigenvalue weighted by Gasteiger charge is -2.23. The second kappa shape index (κ2) is 7.29. The van der Waals surface area contributed by atoms with Crippen LogP contribution in [0.3, 0.4) is 0 Å². The van der Waals surface area contributed by atoms with E-state index >= 15 is 0 Å². The van der Waals surface area contributed by atoms with Gasteiger partial charge in [0.15, 0.2) is 5.69 Å². The largest absolute Gasteiger partial charge is 0.361 e. The van der Waals surface area contributed by atoms with Crippen molar-refractivity contribution in [2.75, 3.05) is 24.7 Å². The Hall–Kier alpha value is -3.25. The fraction of sp³-hybridized carbons (Fsp3) is 0.300. The number of aromatic nitrogens is 5. The standard InChI is InChI=1S/C20H18FN7S/c21-7-17(13-2-6-28(9-13)20-16(8-22)26-12-29-20)27-5-3-14(10-27)18-15-1-4-23-19(15)25-11-24-18/h1,3-5,10-13,17H,2,6-7,9H2,(H,23,24,25). The minimum atomic E-state index is -0.441. The lowest BCUT2D eigenvalue weighted by Crippen LogP contribution is -2.25. The van der Waals surface area contributed by atoms with Gasteiger partial charge >= 0.3 is 0 Å². The predicted octanol–water partition coefficient (Wildman–Crippen LogP) is 3.79. The third kappa shape index (κ3) is 3.06. The average molecular weight is 407 g/mol. The van der Waals surface area contributed by atoms with E-state index in [1.807, 2.05) is 35.3 Å². The van der Waals surface area contributed by atoms with Crippen LogP contribution in [-0.4, -0.2) is 44.3 Å². The van der Waals surface area contributed by atoms with E-state index in [-0.39, 0.29) is 12.0 Å². The van der Waals surface area contributed by atoms with E-state index in [2.05, 4.69) is 30.9 Å². The summed E-state index contributed by atoms with van der Waals surface area (Å²) in [6, 6.07) is 5.81. The van der Waals surface area contributed by atoms with E-state index in [1.165, 1.54) is 17.7 Å². The van der Waals surface area contributed by atoms with Gasteiger partial charge < -0.3 is 14.5 Å². The lowest BCUT2D eigenvalue weighted by atomic mass is 10.00. The summed E-state index contributed by atoms with van der Waals surface area (Å²) >= 11 is 1.47. The highest BCUT2D eigenvalue weighted by Gasteiger charge is 2.32. The normalized spacial score (nSPS) is 17.7. The molecule has 2 atom stereocenters. The lowest BCUT2D eigenvalue weighted by molar-refractivity contribution is 0.275. The van der Waals surface area contributed by atoms with Crippen LogP contribution in [0.2, 0.25) is 0 Å². The number of nitriles is 1. The minimum Gasteiger partial charge on any atom is -0.361 e. The highest BCUT2D eigenvalue weighted by molar-refractivity contribution is 7.14. The van der Waals surface area contributed by atoms with Crippen LogP contribution < -0.4 is 4.90 Å². The van der Waals surface area contributed by atoms with E-state index < -0.39 is 6.67 Å². The van der Waals surface area contributed by atoms with Gasteiger partial charge in [0.25, 0.3) is 0 Å². The van der Waals surface area contributed by atoms with Gasteiger partial charge in [-0.15, -0.1) is 11.3 Å². The third-order valence-electron chi connectivity index (χ3n) is 5.59. The molecule has 9 heteroatoms. The van der Waals surface area contributed by atoms with Crippen LogP contribution in [0.4, 0.5) is 9.39 Å². The van der Waals surface area contributed by atoms with Gasteiger partial charge in [-0.2, -0.15) is 5.26 Å². The number of rotatable bonds is 5. The van der Waals surface area contributed by atoms with Crippen LogP contribution in [0.1, 0.15) is 18.2 Å². The van der Waals surface area contributed by atoms with Gasteiger partial charge in [0.1, 0.15) is 29.7 Å². The first-order valence-corrected chi connectivity index (χ1v) is 10.3. The predicted molar refractivity (Wildman–Crippen MR) is 109 cm³/mol. The smallest absolute Gasteiger partial charge is 0.175 e.